The van der Waals surface area contributed by atoms with Crippen LogP contribution >= 0.6 is 11.3 Å². The molecule has 9 heteroatoms. The number of rotatable bonds is 5. The molecule has 0 saturated heterocycles. The van der Waals surface area contributed by atoms with Gasteiger partial charge in [0.15, 0.2) is 0 Å². The van der Waals surface area contributed by atoms with Gasteiger partial charge in [-0.05, 0) is 6.92 Å². The summed E-state index contributed by atoms with van der Waals surface area (Å²) in [6.45, 7) is 2.68. The zero-order valence-corrected chi connectivity index (χ0v) is 12.0. The van der Waals surface area contributed by atoms with Crippen LogP contribution in [0, 0.1) is 0 Å². The highest BCUT2D eigenvalue weighted by atomic mass is 32.1. The number of aromatic nitrogens is 5. The summed E-state index contributed by atoms with van der Waals surface area (Å²) in [7, 11) is 0. The molecule has 0 spiro atoms. The summed E-state index contributed by atoms with van der Waals surface area (Å²) in [6.07, 6.45) is 2.79. The van der Waals surface area contributed by atoms with E-state index >= 15 is 0 Å². The molecule has 8 nitrogen and oxygen atoms in total. The molecule has 0 aliphatic rings. The Hall–Kier alpha value is -2.55. The molecular weight excluding hydrogens is 292 g/mol. The van der Waals surface area contributed by atoms with Gasteiger partial charge in [0.25, 0.3) is 5.91 Å². The standard InChI is InChI=1S/C12H12N6O2S/c1-2-20-10-3-9(14-6-15-10)11(19)13-4-8-5-21-12-16-7-17-18(8)12/h3,5-7H,2,4H2,1H3,(H,13,19). The number of nitrogens with zero attached hydrogens (tertiary/aromatic N) is 5. The molecule has 3 aromatic rings. The highest BCUT2D eigenvalue weighted by Crippen LogP contribution is 2.12. The molecule has 1 amide bonds. The van der Waals surface area contributed by atoms with Gasteiger partial charge in [-0.3, -0.25) is 4.79 Å². The third-order valence-electron chi connectivity index (χ3n) is 2.69. The van der Waals surface area contributed by atoms with Crippen molar-refractivity contribution < 1.29 is 9.53 Å². The van der Waals surface area contributed by atoms with Crippen molar-refractivity contribution in [2.45, 2.75) is 13.5 Å². The van der Waals surface area contributed by atoms with Gasteiger partial charge in [0.1, 0.15) is 18.3 Å². The van der Waals surface area contributed by atoms with Gasteiger partial charge in [-0.25, -0.2) is 19.5 Å². The lowest BCUT2D eigenvalue weighted by molar-refractivity contribution is 0.0944. The van der Waals surface area contributed by atoms with Crippen LogP contribution in [0.2, 0.25) is 0 Å². The summed E-state index contributed by atoms with van der Waals surface area (Å²) in [4.78, 5) is 24.8. The average molecular weight is 304 g/mol. The van der Waals surface area contributed by atoms with E-state index in [2.05, 4.69) is 25.4 Å². The second-order valence-corrected chi connectivity index (χ2v) is 4.88. The van der Waals surface area contributed by atoms with Gasteiger partial charge in [-0.1, -0.05) is 0 Å². The lowest BCUT2D eigenvalue weighted by atomic mass is 10.3. The highest BCUT2D eigenvalue weighted by Gasteiger charge is 2.11. The Morgan fingerprint density at radius 1 is 1.38 bits per heavy atom. The zero-order chi connectivity index (χ0) is 14.7. The van der Waals surface area contributed by atoms with E-state index in [4.69, 9.17) is 4.74 Å². The first-order chi connectivity index (χ1) is 10.3. The van der Waals surface area contributed by atoms with E-state index in [0.29, 0.717) is 19.0 Å². The van der Waals surface area contributed by atoms with Crippen LogP contribution < -0.4 is 10.1 Å². The molecule has 0 fully saturated rings. The molecule has 3 aromatic heterocycles. The van der Waals surface area contributed by atoms with E-state index in [-0.39, 0.29) is 11.6 Å². The van der Waals surface area contributed by atoms with Crippen LogP contribution in [0.4, 0.5) is 0 Å². The summed E-state index contributed by atoms with van der Waals surface area (Å²) in [5.74, 6) is 0.0877. The number of hydrogen-bond donors (Lipinski definition) is 1. The van der Waals surface area contributed by atoms with Crippen LogP contribution in [0.5, 0.6) is 5.88 Å². The Bertz CT molecular complexity index is 768. The smallest absolute Gasteiger partial charge is 0.270 e. The van der Waals surface area contributed by atoms with Gasteiger partial charge >= 0.3 is 0 Å². The Kier molecular flexibility index (Phi) is 3.73. The quantitative estimate of drug-likeness (QED) is 0.753. The SMILES string of the molecule is CCOc1cc(C(=O)NCc2csc3ncnn23)ncn1. The minimum absolute atomic E-state index is 0.263. The molecule has 0 unspecified atom stereocenters. The second kappa shape index (κ2) is 5.83. The molecule has 108 valence electrons. The largest absolute Gasteiger partial charge is 0.478 e. The lowest BCUT2D eigenvalue weighted by Crippen LogP contribution is -2.24. The van der Waals surface area contributed by atoms with Crippen molar-refractivity contribution in [1.82, 2.24) is 29.9 Å². The first kappa shape index (κ1) is 13.4. The number of carbonyl (C=O) groups excluding carboxylic acids is 1. The Morgan fingerprint density at radius 3 is 3.14 bits per heavy atom. The minimum atomic E-state index is -0.294. The Morgan fingerprint density at radius 2 is 2.29 bits per heavy atom. The maximum absolute atomic E-state index is 12.1. The van der Waals surface area contributed by atoms with Gasteiger partial charge < -0.3 is 10.1 Å². The first-order valence-electron chi connectivity index (χ1n) is 6.27. The van der Waals surface area contributed by atoms with Crippen molar-refractivity contribution in [3.63, 3.8) is 0 Å². The van der Waals surface area contributed by atoms with Gasteiger partial charge in [-0.2, -0.15) is 5.10 Å². The molecule has 1 N–H and O–H groups in total. The normalized spacial score (nSPS) is 10.7. The first-order valence-corrected chi connectivity index (χ1v) is 7.15. The molecule has 3 heterocycles. The van der Waals surface area contributed by atoms with Crippen LogP contribution in [0.3, 0.4) is 0 Å². The number of ether oxygens (including phenoxy) is 1. The number of amides is 1. The second-order valence-electron chi connectivity index (χ2n) is 4.04. The molecule has 0 radical (unpaired) electrons. The fraction of sp³-hybridized carbons (Fsp3) is 0.250. The monoisotopic (exact) mass is 304 g/mol. The minimum Gasteiger partial charge on any atom is -0.478 e. The van der Waals surface area contributed by atoms with Crippen molar-refractivity contribution in [1.29, 1.82) is 0 Å². The maximum atomic E-state index is 12.1. The van der Waals surface area contributed by atoms with Crippen molar-refractivity contribution >= 4 is 22.2 Å². The molecule has 0 aliphatic heterocycles. The number of thiazole rings is 1. The summed E-state index contributed by atoms with van der Waals surface area (Å²) in [5.41, 5.74) is 1.12. The van der Waals surface area contributed by atoms with E-state index in [9.17, 15) is 4.79 Å². The molecule has 0 atom stereocenters. The highest BCUT2D eigenvalue weighted by molar-refractivity contribution is 7.15. The molecule has 0 aromatic carbocycles. The summed E-state index contributed by atoms with van der Waals surface area (Å²) >= 11 is 1.47. The van der Waals surface area contributed by atoms with E-state index in [1.807, 2.05) is 12.3 Å². The zero-order valence-electron chi connectivity index (χ0n) is 11.2. The lowest BCUT2D eigenvalue weighted by Gasteiger charge is -2.05. The van der Waals surface area contributed by atoms with Gasteiger partial charge in [0, 0.05) is 11.4 Å². The number of carbonyl (C=O) groups is 1. The number of hydrogen-bond acceptors (Lipinski definition) is 7. The van der Waals surface area contributed by atoms with E-state index in [1.54, 1.807) is 4.52 Å². The van der Waals surface area contributed by atoms with Gasteiger partial charge in [0.05, 0.1) is 18.8 Å². The summed E-state index contributed by atoms with van der Waals surface area (Å²) in [5, 5.41) is 8.78. The number of nitrogens with one attached hydrogen (secondary N) is 1. The third-order valence-corrected chi connectivity index (χ3v) is 3.56. The number of fused-ring (bicyclic) bond motifs is 1. The Labute approximate surface area is 123 Å². The van der Waals surface area contributed by atoms with Crippen LogP contribution in [-0.4, -0.2) is 37.1 Å². The van der Waals surface area contributed by atoms with Crippen molar-refractivity contribution in [2.75, 3.05) is 6.61 Å². The molecule has 0 bridgehead atoms. The van der Waals surface area contributed by atoms with Crippen molar-refractivity contribution in [3.8, 4) is 5.88 Å². The van der Waals surface area contributed by atoms with Crippen LogP contribution in [0.25, 0.3) is 4.96 Å². The predicted molar refractivity (Wildman–Crippen MR) is 75.2 cm³/mol. The van der Waals surface area contributed by atoms with E-state index in [0.717, 1.165) is 10.7 Å². The predicted octanol–water partition coefficient (Wildman–Crippen LogP) is 0.909. The molecule has 0 saturated carbocycles. The van der Waals surface area contributed by atoms with E-state index < -0.39 is 0 Å². The van der Waals surface area contributed by atoms with Crippen molar-refractivity contribution in [2.24, 2.45) is 0 Å². The maximum Gasteiger partial charge on any atom is 0.270 e. The Balaban J connectivity index is 1.69. The third kappa shape index (κ3) is 2.82. The van der Waals surface area contributed by atoms with E-state index in [1.165, 1.54) is 30.1 Å². The van der Waals surface area contributed by atoms with Crippen LogP contribution in [-0.2, 0) is 6.54 Å². The van der Waals surface area contributed by atoms with Gasteiger partial charge in [-0.15, -0.1) is 11.3 Å². The average Bonchev–Trinajstić information content (AvgIpc) is 3.09. The van der Waals surface area contributed by atoms with Crippen molar-refractivity contribution in [3.05, 3.63) is 35.5 Å². The molecular formula is C12H12N6O2S. The summed E-state index contributed by atoms with van der Waals surface area (Å²) < 4.78 is 6.93. The van der Waals surface area contributed by atoms with Crippen LogP contribution in [0.1, 0.15) is 23.1 Å². The van der Waals surface area contributed by atoms with Crippen LogP contribution in [0.15, 0.2) is 24.1 Å². The topological polar surface area (TPSA) is 94.3 Å². The molecule has 0 aliphatic carbocycles. The van der Waals surface area contributed by atoms with Gasteiger partial charge in [0.2, 0.25) is 10.8 Å². The fourth-order valence-corrected chi connectivity index (χ4v) is 2.54. The fourth-order valence-electron chi connectivity index (χ4n) is 1.75. The summed E-state index contributed by atoms with van der Waals surface area (Å²) in [6, 6.07) is 1.51. The molecule has 21 heavy (non-hydrogen) atoms. The molecule has 3 rings (SSSR count).